The molecule has 0 bridgehead atoms. The first-order valence-electron chi connectivity index (χ1n) is 15.1. The minimum Gasteiger partial charge on any atom is -0.369 e. The first kappa shape index (κ1) is 32.3. The zero-order valence-corrected chi connectivity index (χ0v) is 27.3. The number of nitrogens with one attached hydrogen (secondary N) is 3. The van der Waals surface area contributed by atoms with Crippen molar-refractivity contribution in [1.82, 2.24) is 24.0 Å². The number of amides is 2. The number of sulfonamides is 1. The average molecular weight is 667 g/mol. The average Bonchev–Trinajstić information content (AvgIpc) is 3.63. The summed E-state index contributed by atoms with van der Waals surface area (Å²) in [5.41, 5.74) is 1.98. The molecule has 2 aliphatic rings. The Morgan fingerprint density at radius 1 is 0.936 bits per heavy atom. The van der Waals surface area contributed by atoms with Gasteiger partial charge in [0.15, 0.2) is 5.82 Å². The summed E-state index contributed by atoms with van der Waals surface area (Å²) in [6, 6.07) is 10.8. The van der Waals surface area contributed by atoms with Crippen molar-refractivity contribution in [2.45, 2.75) is 30.7 Å². The monoisotopic (exact) mass is 666 g/mol. The Bertz CT molecular complexity index is 1940. The molecule has 6 rings (SSSR count). The van der Waals surface area contributed by atoms with Gasteiger partial charge in [-0.3, -0.25) is 14.7 Å². The van der Waals surface area contributed by atoms with Crippen LogP contribution in [0.4, 0.5) is 26.0 Å². The standard InChI is InChI=1S/C32H36F2N8O4S/c1-32(2)19-42(47(45,46)23-15-20(33)14-21(34)16-23)18-25-28(32)37-38-29(25)36-30(43)24-8-7-22(41-12-10-39(3)11-13-41)17-26(24)35-31(44)27-6-5-9-40(27)4/h5-9,14-17H,10-13,18-19H2,1-4H3,(H,35,44)(H2,36,37,38,43). The molecule has 15 heteroatoms. The number of aryl methyl sites for hydroxylation is 1. The van der Waals surface area contributed by atoms with Gasteiger partial charge < -0.3 is 25.0 Å². The highest BCUT2D eigenvalue weighted by atomic mass is 32.2. The number of nitrogens with zero attached hydrogens (tertiary/aromatic N) is 5. The number of carbonyl (C=O) groups is 2. The van der Waals surface area contributed by atoms with E-state index in [-0.39, 0.29) is 24.5 Å². The Morgan fingerprint density at radius 2 is 1.64 bits per heavy atom. The fraction of sp³-hybridized carbons (Fsp3) is 0.344. The predicted octanol–water partition coefficient (Wildman–Crippen LogP) is 3.76. The number of H-pyrrole nitrogens is 1. The van der Waals surface area contributed by atoms with Crippen molar-refractivity contribution in [3.8, 4) is 0 Å². The SMILES string of the molecule is CN1CCN(c2ccc(C(=O)Nc3n[nH]c4c3CN(S(=O)(=O)c3cc(F)cc(F)c3)CC4(C)C)c(NC(=O)c3cccn3C)c2)CC1. The summed E-state index contributed by atoms with van der Waals surface area (Å²) >= 11 is 0. The summed E-state index contributed by atoms with van der Waals surface area (Å²) < 4.78 is 57.8. The Labute approximate surface area is 271 Å². The van der Waals surface area contributed by atoms with E-state index in [4.69, 9.17) is 0 Å². The highest BCUT2D eigenvalue weighted by molar-refractivity contribution is 7.89. The number of aromatic amines is 1. The van der Waals surface area contributed by atoms with Crippen LogP contribution in [-0.2, 0) is 29.0 Å². The van der Waals surface area contributed by atoms with Gasteiger partial charge in [-0.25, -0.2) is 17.2 Å². The normalized spacial score (nSPS) is 16.9. The summed E-state index contributed by atoms with van der Waals surface area (Å²) in [5, 5.41) is 13.0. The maximum Gasteiger partial charge on any atom is 0.272 e. The number of hydrogen-bond donors (Lipinski definition) is 3. The van der Waals surface area contributed by atoms with Crippen LogP contribution in [0.5, 0.6) is 0 Å². The minimum atomic E-state index is -4.32. The van der Waals surface area contributed by atoms with Gasteiger partial charge in [0.2, 0.25) is 10.0 Å². The van der Waals surface area contributed by atoms with Crippen LogP contribution in [0.15, 0.2) is 59.6 Å². The van der Waals surface area contributed by atoms with E-state index in [1.807, 2.05) is 6.07 Å². The van der Waals surface area contributed by atoms with Gasteiger partial charge in [-0.05, 0) is 49.5 Å². The second kappa shape index (κ2) is 12.2. The Balaban J connectivity index is 1.31. The number of halogens is 2. The molecule has 1 fully saturated rings. The number of rotatable bonds is 7. The van der Waals surface area contributed by atoms with E-state index in [0.29, 0.717) is 28.7 Å². The van der Waals surface area contributed by atoms with Gasteiger partial charge in [0.25, 0.3) is 11.8 Å². The van der Waals surface area contributed by atoms with Crippen LogP contribution >= 0.6 is 0 Å². The lowest BCUT2D eigenvalue weighted by Gasteiger charge is -2.36. The summed E-state index contributed by atoms with van der Waals surface area (Å²) in [5.74, 6) is -2.88. The van der Waals surface area contributed by atoms with Gasteiger partial charge in [0, 0.05) is 80.9 Å². The molecule has 0 atom stereocenters. The van der Waals surface area contributed by atoms with Gasteiger partial charge in [0.1, 0.15) is 17.3 Å². The predicted molar refractivity (Wildman–Crippen MR) is 173 cm³/mol. The van der Waals surface area contributed by atoms with E-state index < -0.39 is 43.8 Å². The van der Waals surface area contributed by atoms with Crippen LogP contribution in [0.1, 0.15) is 46.0 Å². The van der Waals surface area contributed by atoms with E-state index in [1.165, 1.54) is 0 Å². The Hall–Kier alpha value is -4.60. The number of benzene rings is 2. The highest BCUT2D eigenvalue weighted by Gasteiger charge is 2.41. The molecule has 2 aromatic heterocycles. The van der Waals surface area contributed by atoms with Crippen LogP contribution < -0.4 is 15.5 Å². The molecule has 248 valence electrons. The molecule has 4 heterocycles. The first-order valence-corrected chi connectivity index (χ1v) is 16.5. The van der Waals surface area contributed by atoms with Crippen LogP contribution in [0.3, 0.4) is 0 Å². The Kier molecular flexibility index (Phi) is 8.40. The third-order valence-corrected chi connectivity index (χ3v) is 10.5. The van der Waals surface area contributed by atoms with Gasteiger partial charge in [-0.2, -0.15) is 9.40 Å². The summed E-state index contributed by atoms with van der Waals surface area (Å²) in [7, 11) is -0.512. The fourth-order valence-electron chi connectivity index (χ4n) is 6.08. The lowest BCUT2D eigenvalue weighted by Crippen LogP contribution is -2.45. The van der Waals surface area contributed by atoms with E-state index in [2.05, 4.69) is 37.7 Å². The number of fused-ring (bicyclic) bond motifs is 1. The number of carbonyl (C=O) groups excluding carboxylic acids is 2. The molecule has 4 aromatic rings. The van der Waals surface area contributed by atoms with Crippen LogP contribution in [0.25, 0.3) is 0 Å². The van der Waals surface area contributed by atoms with Gasteiger partial charge in [0.05, 0.1) is 16.1 Å². The number of hydrogen-bond acceptors (Lipinski definition) is 7. The van der Waals surface area contributed by atoms with Crippen molar-refractivity contribution in [3.63, 3.8) is 0 Å². The number of likely N-dealkylation sites (N-methyl/N-ethyl adjacent to an activating group) is 1. The van der Waals surface area contributed by atoms with E-state index in [1.54, 1.807) is 55.9 Å². The zero-order chi connectivity index (χ0) is 33.7. The van der Waals surface area contributed by atoms with Gasteiger partial charge >= 0.3 is 0 Å². The third-order valence-electron chi connectivity index (χ3n) is 8.70. The second-order valence-electron chi connectivity index (χ2n) is 12.6. The lowest BCUT2D eigenvalue weighted by molar-refractivity contribution is 0.101. The molecule has 0 spiro atoms. The van der Waals surface area contributed by atoms with Gasteiger partial charge in [-0.1, -0.05) is 13.8 Å². The fourth-order valence-corrected chi connectivity index (χ4v) is 7.70. The lowest BCUT2D eigenvalue weighted by atomic mass is 9.84. The van der Waals surface area contributed by atoms with Crippen LogP contribution in [0, 0.1) is 11.6 Å². The molecular weight excluding hydrogens is 630 g/mol. The molecule has 0 saturated carbocycles. The molecule has 1 saturated heterocycles. The summed E-state index contributed by atoms with van der Waals surface area (Å²) in [6.45, 7) is 6.71. The largest absolute Gasteiger partial charge is 0.369 e. The van der Waals surface area contributed by atoms with E-state index in [9.17, 15) is 26.8 Å². The van der Waals surface area contributed by atoms with Crippen molar-refractivity contribution < 1.29 is 26.8 Å². The topological polar surface area (TPSA) is 136 Å². The Morgan fingerprint density at radius 3 is 2.30 bits per heavy atom. The van der Waals surface area contributed by atoms with Crippen molar-refractivity contribution in [3.05, 3.63) is 88.9 Å². The van der Waals surface area contributed by atoms with Crippen LogP contribution in [-0.4, -0.2) is 84.0 Å². The molecule has 3 N–H and O–H groups in total. The van der Waals surface area contributed by atoms with Crippen molar-refractivity contribution >= 4 is 39.0 Å². The third kappa shape index (κ3) is 6.38. The van der Waals surface area contributed by atoms with Crippen LogP contribution in [0.2, 0.25) is 0 Å². The molecular formula is C32H36F2N8O4S. The first-order chi connectivity index (χ1) is 22.2. The maximum absolute atomic E-state index is 14.0. The molecule has 2 aromatic carbocycles. The van der Waals surface area contributed by atoms with Crippen molar-refractivity contribution in [2.75, 3.05) is 55.3 Å². The van der Waals surface area contributed by atoms with Crippen molar-refractivity contribution in [2.24, 2.45) is 7.05 Å². The quantitative estimate of drug-likeness (QED) is 0.273. The zero-order valence-electron chi connectivity index (χ0n) is 26.5. The molecule has 2 amide bonds. The highest BCUT2D eigenvalue weighted by Crippen LogP contribution is 2.38. The van der Waals surface area contributed by atoms with E-state index in [0.717, 1.165) is 48.3 Å². The smallest absolute Gasteiger partial charge is 0.272 e. The number of aromatic nitrogens is 3. The minimum absolute atomic E-state index is 0.000860. The molecule has 12 nitrogen and oxygen atoms in total. The van der Waals surface area contributed by atoms with Crippen molar-refractivity contribution in [1.29, 1.82) is 0 Å². The van der Waals surface area contributed by atoms with E-state index >= 15 is 0 Å². The second-order valence-corrected chi connectivity index (χ2v) is 14.6. The molecule has 0 unspecified atom stereocenters. The molecule has 0 radical (unpaired) electrons. The summed E-state index contributed by atoms with van der Waals surface area (Å²) in [6.07, 6.45) is 1.75. The van der Waals surface area contributed by atoms with Gasteiger partial charge in [-0.15, -0.1) is 0 Å². The number of piperazine rings is 1. The number of anilines is 3. The maximum atomic E-state index is 14.0. The summed E-state index contributed by atoms with van der Waals surface area (Å²) in [4.78, 5) is 31.0. The molecule has 47 heavy (non-hydrogen) atoms. The molecule has 2 aliphatic heterocycles. The molecule has 0 aliphatic carbocycles.